The Labute approximate surface area is 88.3 Å². The van der Waals surface area contributed by atoms with Crippen LogP contribution in [-0.2, 0) is 0 Å². The van der Waals surface area contributed by atoms with Crippen molar-refractivity contribution in [1.29, 1.82) is 0 Å². The minimum absolute atomic E-state index is 1.24. The molecule has 0 amide bonds. The summed E-state index contributed by atoms with van der Waals surface area (Å²) in [6.07, 6.45) is 4.03. The van der Waals surface area contributed by atoms with Gasteiger partial charge in [0.25, 0.3) is 0 Å². The second-order valence-electron chi connectivity index (χ2n) is 2.86. The van der Waals surface area contributed by atoms with Crippen LogP contribution in [0.5, 0.6) is 0 Å². The Morgan fingerprint density at radius 2 is 1.57 bits per heavy atom. The molecule has 0 aromatic heterocycles. The Morgan fingerprint density at radius 3 is 2.43 bits per heavy atom. The summed E-state index contributed by atoms with van der Waals surface area (Å²) in [7, 11) is 0. The summed E-state index contributed by atoms with van der Waals surface area (Å²) in [6.45, 7) is 0. The quantitative estimate of drug-likeness (QED) is 0.646. The molecule has 0 saturated carbocycles. The molecule has 2 heteroatoms. The molecule has 0 aliphatic carbocycles. The van der Waals surface area contributed by atoms with Gasteiger partial charge in [-0.15, -0.1) is 0 Å². The summed E-state index contributed by atoms with van der Waals surface area (Å²) in [4.78, 5) is 1.24. The normalized spacial score (nSPS) is 12.3. The first kappa shape index (κ1) is 9.16. The lowest BCUT2D eigenvalue weighted by atomic mass is 10.2. The first-order valence-corrected chi connectivity index (χ1v) is 5.30. The lowest BCUT2D eigenvalue weighted by molar-refractivity contribution is 1.33. The Balaban J connectivity index is 2.56. The first-order valence-electron chi connectivity index (χ1n) is 4.48. The lowest BCUT2D eigenvalue weighted by Crippen LogP contribution is -1.95. The molecule has 0 fully saturated rings. The van der Waals surface area contributed by atoms with Gasteiger partial charge in [-0.2, -0.15) is 0 Å². The predicted molar refractivity (Wildman–Crippen MR) is 62.1 cm³/mol. The summed E-state index contributed by atoms with van der Waals surface area (Å²) in [5.74, 6) is 0. The second kappa shape index (κ2) is 4.72. The number of hydrogen-bond acceptors (Lipinski definition) is 2. The van der Waals surface area contributed by atoms with Crippen molar-refractivity contribution in [1.82, 2.24) is 4.72 Å². The molecule has 0 saturated heterocycles. The van der Waals surface area contributed by atoms with Crippen LogP contribution in [0.1, 0.15) is 5.56 Å². The highest BCUT2D eigenvalue weighted by atomic mass is 32.2. The zero-order valence-electron chi connectivity index (χ0n) is 7.68. The number of rotatable bonds is 0. The molecule has 0 bridgehead atoms. The molecule has 1 N–H and O–H groups in total. The van der Waals surface area contributed by atoms with Crippen molar-refractivity contribution in [3.63, 3.8) is 0 Å². The Kier molecular flexibility index (Phi) is 3.09. The van der Waals surface area contributed by atoms with Crippen molar-refractivity contribution in [3.05, 3.63) is 60.3 Å². The van der Waals surface area contributed by atoms with Crippen LogP contribution in [0.3, 0.4) is 0 Å². The van der Waals surface area contributed by atoms with Crippen LogP contribution in [0, 0.1) is 0 Å². The molecule has 1 aromatic carbocycles. The van der Waals surface area contributed by atoms with Crippen molar-refractivity contribution in [2.75, 3.05) is 0 Å². The van der Waals surface area contributed by atoms with Gasteiger partial charge in [-0.1, -0.05) is 42.5 Å². The minimum Gasteiger partial charge on any atom is -0.332 e. The summed E-state index contributed by atoms with van der Waals surface area (Å²) < 4.78 is 3.12. The number of hydrogen-bond donors (Lipinski definition) is 1. The molecule has 0 unspecified atom stereocenters. The van der Waals surface area contributed by atoms with E-state index in [4.69, 9.17) is 0 Å². The average molecular weight is 201 g/mol. The maximum Gasteiger partial charge on any atom is 0.0357 e. The highest BCUT2D eigenvalue weighted by Gasteiger charge is 1.99. The molecule has 0 atom stereocenters. The molecular formula is C12H11NS. The van der Waals surface area contributed by atoms with Crippen molar-refractivity contribution >= 4 is 18.0 Å². The fourth-order valence-electron chi connectivity index (χ4n) is 1.19. The van der Waals surface area contributed by atoms with Crippen LogP contribution in [0.2, 0.25) is 0 Å². The van der Waals surface area contributed by atoms with Crippen molar-refractivity contribution < 1.29 is 0 Å². The van der Waals surface area contributed by atoms with Gasteiger partial charge in [0.1, 0.15) is 0 Å². The summed E-state index contributed by atoms with van der Waals surface area (Å²) in [6, 6.07) is 16.4. The van der Waals surface area contributed by atoms with E-state index in [1.54, 1.807) is 11.9 Å². The largest absolute Gasteiger partial charge is 0.332 e. The van der Waals surface area contributed by atoms with E-state index >= 15 is 0 Å². The SMILES string of the molecule is C1=Cc2ccccccccc2SN1. The monoisotopic (exact) mass is 201 g/mol. The van der Waals surface area contributed by atoms with E-state index < -0.39 is 0 Å². The van der Waals surface area contributed by atoms with Gasteiger partial charge in [0.15, 0.2) is 0 Å². The molecule has 2 rings (SSSR count). The van der Waals surface area contributed by atoms with E-state index in [0.29, 0.717) is 0 Å². The maximum atomic E-state index is 3.12. The molecule has 70 valence electrons. The zero-order chi connectivity index (χ0) is 9.64. The highest BCUT2D eigenvalue weighted by molar-refractivity contribution is 7.97. The Hall–Kier alpha value is -1.41. The summed E-state index contributed by atoms with van der Waals surface area (Å²) >= 11 is 1.63. The second-order valence-corrected chi connectivity index (χ2v) is 3.74. The molecule has 1 aromatic rings. The summed E-state index contributed by atoms with van der Waals surface area (Å²) in [5.41, 5.74) is 1.24. The molecule has 1 nitrogen and oxygen atoms in total. The van der Waals surface area contributed by atoms with Crippen LogP contribution < -0.4 is 4.72 Å². The molecule has 14 heavy (non-hydrogen) atoms. The van der Waals surface area contributed by atoms with Gasteiger partial charge in [-0.3, -0.25) is 0 Å². The molecular weight excluding hydrogens is 190 g/mol. The summed E-state index contributed by atoms with van der Waals surface area (Å²) in [5, 5.41) is 0. The molecule has 0 radical (unpaired) electrons. The molecule has 0 spiro atoms. The third-order valence-corrected chi connectivity index (χ3v) is 2.71. The molecule has 1 aliphatic rings. The topological polar surface area (TPSA) is 12.0 Å². The van der Waals surface area contributed by atoms with Crippen LogP contribution in [0.4, 0.5) is 0 Å². The van der Waals surface area contributed by atoms with Crippen LogP contribution in [-0.4, -0.2) is 0 Å². The fourth-order valence-corrected chi connectivity index (χ4v) is 1.85. The van der Waals surface area contributed by atoms with Gasteiger partial charge < -0.3 is 4.72 Å². The minimum atomic E-state index is 1.24. The highest BCUT2D eigenvalue weighted by Crippen LogP contribution is 2.22. The van der Waals surface area contributed by atoms with E-state index in [-0.39, 0.29) is 0 Å². The van der Waals surface area contributed by atoms with Crippen molar-refractivity contribution in [2.45, 2.75) is 4.90 Å². The first-order chi connectivity index (χ1) is 6.97. The van der Waals surface area contributed by atoms with E-state index in [0.717, 1.165) is 0 Å². The lowest BCUT2D eigenvalue weighted by Gasteiger charge is -2.07. The van der Waals surface area contributed by atoms with Gasteiger partial charge in [-0.05, 0) is 29.7 Å². The van der Waals surface area contributed by atoms with Gasteiger partial charge in [0.2, 0.25) is 0 Å². The van der Waals surface area contributed by atoms with Crippen molar-refractivity contribution in [3.8, 4) is 0 Å². The maximum absolute atomic E-state index is 3.12. The van der Waals surface area contributed by atoms with Gasteiger partial charge in [0.05, 0.1) is 0 Å². The number of nitrogens with one attached hydrogen (secondary N) is 1. The Bertz CT molecular complexity index is 397. The standard InChI is InChI=1S/C12H11NS/c1-2-4-6-8-12-11(7-5-3-1)9-10-13-14-12/h1-10,13H. The zero-order valence-corrected chi connectivity index (χ0v) is 8.50. The fraction of sp³-hybridized carbons (Fsp3) is 0. The van der Waals surface area contributed by atoms with Gasteiger partial charge in [-0.25, -0.2) is 0 Å². The van der Waals surface area contributed by atoms with Gasteiger partial charge in [0, 0.05) is 11.1 Å². The van der Waals surface area contributed by atoms with E-state index in [9.17, 15) is 0 Å². The van der Waals surface area contributed by atoms with E-state index in [2.05, 4.69) is 29.0 Å². The predicted octanol–water partition coefficient (Wildman–Crippen LogP) is 3.39. The van der Waals surface area contributed by atoms with E-state index in [1.165, 1.54) is 10.5 Å². The average Bonchev–Trinajstić information content (AvgIpc) is 2.25. The number of fused-ring (bicyclic) bond motifs is 1. The van der Waals surface area contributed by atoms with Crippen LogP contribution in [0.25, 0.3) is 6.08 Å². The van der Waals surface area contributed by atoms with Crippen molar-refractivity contribution in [2.24, 2.45) is 0 Å². The Morgan fingerprint density at radius 1 is 0.857 bits per heavy atom. The smallest absolute Gasteiger partial charge is 0.0357 e. The van der Waals surface area contributed by atoms with Crippen LogP contribution >= 0.6 is 11.9 Å². The molecule has 1 aliphatic heterocycles. The third kappa shape index (κ3) is 2.30. The molecule has 1 heterocycles. The van der Waals surface area contributed by atoms with Crippen LogP contribution in [0.15, 0.2) is 59.6 Å². The van der Waals surface area contributed by atoms with Gasteiger partial charge >= 0.3 is 0 Å². The third-order valence-electron chi connectivity index (χ3n) is 1.86. The van der Waals surface area contributed by atoms with E-state index in [1.807, 2.05) is 36.5 Å².